The number of carbonyl (C=O) groups excluding carboxylic acids is 1. The van der Waals surface area contributed by atoms with Gasteiger partial charge in [-0.25, -0.2) is 19.2 Å². The predicted octanol–water partition coefficient (Wildman–Crippen LogP) is 2.96. The monoisotopic (exact) mass is 435 g/mol. The van der Waals surface area contributed by atoms with Gasteiger partial charge in [0.1, 0.15) is 11.5 Å². The van der Waals surface area contributed by atoms with E-state index in [0.29, 0.717) is 24.1 Å². The van der Waals surface area contributed by atoms with Gasteiger partial charge in [-0.2, -0.15) is 0 Å². The lowest BCUT2D eigenvalue weighted by molar-refractivity contribution is 0.257. The molecule has 1 saturated carbocycles. The van der Waals surface area contributed by atoms with Gasteiger partial charge in [0.2, 0.25) is 0 Å². The Morgan fingerprint density at radius 3 is 3.00 bits per heavy atom. The zero-order chi connectivity index (χ0) is 21.8. The number of piperazine rings is 1. The van der Waals surface area contributed by atoms with E-state index in [2.05, 4.69) is 31.6 Å². The molecule has 0 bridgehead atoms. The molecule has 0 aromatic carbocycles. The minimum atomic E-state index is -0.510. The first-order chi connectivity index (χ1) is 15.6. The highest BCUT2D eigenvalue weighted by molar-refractivity contribution is 6.03. The molecule has 2 fully saturated rings. The van der Waals surface area contributed by atoms with E-state index in [9.17, 15) is 9.18 Å². The third-order valence-electron chi connectivity index (χ3n) is 6.74. The number of rotatable bonds is 3. The summed E-state index contributed by atoms with van der Waals surface area (Å²) in [5, 5.41) is 6.37. The Hall–Kier alpha value is -3.20. The van der Waals surface area contributed by atoms with Crippen LogP contribution >= 0.6 is 0 Å². The van der Waals surface area contributed by atoms with E-state index in [4.69, 9.17) is 0 Å². The third-order valence-corrected chi connectivity index (χ3v) is 6.74. The quantitative estimate of drug-likeness (QED) is 0.662. The van der Waals surface area contributed by atoms with Crippen molar-refractivity contribution in [1.29, 1.82) is 0 Å². The zero-order valence-corrected chi connectivity index (χ0v) is 18.0. The Bertz CT molecular complexity index is 1200. The van der Waals surface area contributed by atoms with Crippen molar-refractivity contribution in [1.82, 2.24) is 19.7 Å². The van der Waals surface area contributed by atoms with Gasteiger partial charge in [0.25, 0.3) is 0 Å². The van der Waals surface area contributed by atoms with Gasteiger partial charge in [0, 0.05) is 68.1 Å². The maximum atomic E-state index is 14.6. The number of fused-ring (bicyclic) bond motifs is 2. The van der Waals surface area contributed by atoms with Crippen LogP contribution in [-0.4, -0.2) is 52.6 Å². The van der Waals surface area contributed by atoms with Crippen LogP contribution in [0.1, 0.15) is 24.1 Å². The number of anilines is 3. The van der Waals surface area contributed by atoms with E-state index in [1.54, 1.807) is 27.9 Å². The minimum Gasteiger partial charge on any atom is -0.368 e. The van der Waals surface area contributed by atoms with Crippen molar-refractivity contribution in [3.63, 3.8) is 0 Å². The smallest absolute Gasteiger partial charge is 0.327 e. The molecule has 2 amide bonds. The third kappa shape index (κ3) is 3.37. The molecule has 1 aliphatic carbocycles. The summed E-state index contributed by atoms with van der Waals surface area (Å²) in [7, 11) is 0. The summed E-state index contributed by atoms with van der Waals surface area (Å²) >= 11 is 0. The zero-order valence-electron chi connectivity index (χ0n) is 18.0. The molecule has 2 N–H and O–H groups in total. The van der Waals surface area contributed by atoms with E-state index in [-0.39, 0.29) is 11.7 Å². The summed E-state index contributed by atoms with van der Waals surface area (Å²) in [4.78, 5) is 25.9. The lowest BCUT2D eigenvalue weighted by Crippen LogP contribution is -2.52. The van der Waals surface area contributed by atoms with Crippen molar-refractivity contribution in [2.75, 3.05) is 41.3 Å². The van der Waals surface area contributed by atoms with Crippen molar-refractivity contribution in [3.05, 3.63) is 47.8 Å². The molecule has 2 aliphatic heterocycles. The molecular formula is C23H26FN7O. The van der Waals surface area contributed by atoms with Gasteiger partial charge >= 0.3 is 6.03 Å². The lowest BCUT2D eigenvalue weighted by atomic mass is 10.1. The second-order valence-electron chi connectivity index (χ2n) is 8.99. The number of nitrogens with one attached hydrogen (secondary N) is 2. The second-order valence-corrected chi connectivity index (χ2v) is 8.99. The summed E-state index contributed by atoms with van der Waals surface area (Å²) < 4.78 is 16.3. The molecule has 0 spiro atoms. The second kappa shape index (κ2) is 7.44. The summed E-state index contributed by atoms with van der Waals surface area (Å²) in [6.07, 6.45) is 8.50. The Kier molecular flexibility index (Phi) is 4.53. The van der Waals surface area contributed by atoms with E-state index >= 15 is 0 Å². The molecule has 0 unspecified atom stereocenters. The molecule has 6 rings (SSSR count). The number of hydrogen-bond acceptors (Lipinski definition) is 5. The van der Waals surface area contributed by atoms with Crippen LogP contribution in [0.15, 0.2) is 30.7 Å². The number of carbonyl (C=O) groups is 1. The normalized spacial score (nSPS) is 20.6. The molecule has 3 aliphatic rings. The fraction of sp³-hybridized carbons (Fsp3) is 0.435. The van der Waals surface area contributed by atoms with Crippen LogP contribution in [0.2, 0.25) is 0 Å². The number of nitrogens with zero attached hydrogens (tertiary/aromatic N) is 5. The van der Waals surface area contributed by atoms with E-state index in [1.165, 1.54) is 24.6 Å². The summed E-state index contributed by atoms with van der Waals surface area (Å²) in [5.74, 6) is 0.951. The Morgan fingerprint density at radius 1 is 1.28 bits per heavy atom. The van der Waals surface area contributed by atoms with Crippen molar-refractivity contribution in [2.45, 2.75) is 32.2 Å². The van der Waals surface area contributed by atoms with Gasteiger partial charge in [-0.3, -0.25) is 4.90 Å². The highest BCUT2D eigenvalue weighted by atomic mass is 19.1. The van der Waals surface area contributed by atoms with Gasteiger partial charge in [-0.05, 0) is 38.2 Å². The molecule has 3 aromatic rings. The number of amides is 2. The van der Waals surface area contributed by atoms with Crippen LogP contribution in [0.3, 0.4) is 0 Å². The Morgan fingerprint density at radius 2 is 2.16 bits per heavy atom. The number of imidazole rings is 1. The average Bonchev–Trinajstić information content (AvgIpc) is 3.45. The van der Waals surface area contributed by atoms with E-state index < -0.39 is 5.82 Å². The van der Waals surface area contributed by atoms with Gasteiger partial charge in [0.15, 0.2) is 5.82 Å². The summed E-state index contributed by atoms with van der Waals surface area (Å²) in [5.41, 5.74) is 3.68. The average molecular weight is 436 g/mol. The maximum absolute atomic E-state index is 14.6. The molecule has 3 aromatic heterocycles. The van der Waals surface area contributed by atoms with Crippen LogP contribution in [-0.2, 0) is 6.42 Å². The number of pyridine rings is 2. The van der Waals surface area contributed by atoms with E-state index in [1.807, 2.05) is 6.92 Å². The molecule has 5 heterocycles. The maximum Gasteiger partial charge on any atom is 0.327 e. The van der Waals surface area contributed by atoms with Gasteiger partial charge < -0.3 is 19.9 Å². The molecule has 1 saturated heterocycles. The number of aryl methyl sites for hydroxylation is 1. The van der Waals surface area contributed by atoms with Crippen molar-refractivity contribution < 1.29 is 9.18 Å². The van der Waals surface area contributed by atoms with Crippen LogP contribution in [0.4, 0.5) is 26.4 Å². The Labute approximate surface area is 185 Å². The highest BCUT2D eigenvalue weighted by Gasteiger charge is 2.36. The Balaban J connectivity index is 1.24. The van der Waals surface area contributed by atoms with Crippen LogP contribution in [0.25, 0.3) is 5.65 Å². The van der Waals surface area contributed by atoms with Gasteiger partial charge in [-0.15, -0.1) is 0 Å². The molecule has 166 valence electrons. The first-order valence-corrected chi connectivity index (χ1v) is 11.3. The number of aromatic nitrogens is 3. The predicted molar refractivity (Wildman–Crippen MR) is 121 cm³/mol. The van der Waals surface area contributed by atoms with Crippen LogP contribution in [0, 0.1) is 18.7 Å². The number of urea groups is 1. The van der Waals surface area contributed by atoms with Gasteiger partial charge in [-0.1, -0.05) is 0 Å². The van der Waals surface area contributed by atoms with Crippen molar-refractivity contribution >= 4 is 28.9 Å². The summed E-state index contributed by atoms with van der Waals surface area (Å²) in [6, 6.07) is 3.56. The van der Waals surface area contributed by atoms with Crippen molar-refractivity contribution in [3.8, 4) is 0 Å². The molecular weight excluding hydrogens is 409 g/mol. The molecule has 0 radical (unpaired) electrons. The van der Waals surface area contributed by atoms with Crippen LogP contribution < -0.4 is 20.4 Å². The molecule has 1 atom stereocenters. The fourth-order valence-corrected chi connectivity index (χ4v) is 4.99. The van der Waals surface area contributed by atoms with Crippen LogP contribution in [0.5, 0.6) is 0 Å². The molecule has 32 heavy (non-hydrogen) atoms. The number of halogens is 1. The first kappa shape index (κ1) is 19.5. The SMILES string of the molecule is Cc1cn2cc(NC(=O)N3CCc4c(N5CCN[C@@H](C6CC6)C5)ccnc43)c(F)cc2n1. The van der Waals surface area contributed by atoms with Crippen molar-refractivity contribution in [2.24, 2.45) is 5.92 Å². The number of hydrogen-bond donors (Lipinski definition) is 2. The molecule has 8 nitrogen and oxygen atoms in total. The highest BCUT2D eigenvalue weighted by Crippen LogP contribution is 2.37. The van der Waals surface area contributed by atoms with E-state index in [0.717, 1.165) is 43.2 Å². The minimum absolute atomic E-state index is 0.124. The fourth-order valence-electron chi connectivity index (χ4n) is 4.99. The molecule has 9 heteroatoms. The standard InChI is InChI=1S/C23H26FN7O/c1-14-11-30-13-19(17(24)10-21(30)27-14)28-23(32)31-8-5-16-20(4-6-26-22(16)31)29-9-7-25-18(12-29)15-2-3-15/h4,6,10-11,13,15,18,25H,2-3,5,7-9,12H2,1H3,(H,28,32)/t18-/m1/s1. The first-order valence-electron chi connectivity index (χ1n) is 11.3. The lowest BCUT2D eigenvalue weighted by Gasteiger charge is -2.36. The topological polar surface area (TPSA) is 77.8 Å². The van der Waals surface area contributed by atoms with Gasteiger partial charge in [0.05, 0.1) is 11.4 Å². The summed E-state index contributed by atoms with van der Waals surface area (Å²) in [6.45, 7) is 5.28. The largest absolute Gasteiger partial charge is 0.368 e.